The fourth-order valence-electron chi connectivity index (χ4n) is 4.18. The number of hydrogen-bond acceptors (Lipinski definition) is 3. The number of unbranched alkanes of at least 4 members (excludes halogenated alkanes) is 10. The van der Waals surface area contributed by atoms with Crippen LogP contribution in [-0.2, 0) is 0 Å². The van der Waals surface area contributed by atoms with Crippen molar-refractivity contribution in [3.05, 3.63) is 54.1 Å². The van der Waals surface area contributed by atoms with Gasteiger partial charge < -0.3 is 4.90 Å². The molecule has 0 saturated carbocycles. The molecule has 3 nitrogen and oxygen atoms in total. The molecule has 0 heterocycles. The van der Waals surface area contributed by atoms with Crippen LogP contribution in [0.3, 0.4) is 0 Å². The molecule has 0 bridgehead atoms. The van der Waals surface area contributed by atoms with E-state index < -0.39 is 0 Å². The minimum atomic E-state index is 0.726. The summed E-state index contributed by atoms with van der Waals surface area (Å²) in [7, 11) is 0. The predicted molar refractivity (Wildman–Crippen MR) is 161 cm³/mol. The van der Waals surface area contributed by atoms with Crippen molar-refractivity contribution in [1.29, 1.82) is 0 Å². The van der Waals surface area contributed by atoms with Crippen LogP contribution in [0.4, 0.5) is 17.1 Å². The SMILES string of the molecule is CCCCCCCCCCCCC.CCN(CCC(C)C)c1ccc(N=Nc2ccccc2)c(C)c1. The Bertz CT molecular complexity index is 788. The molecule has 3 heteroatoms. The van der Waals surface area contributed by atoms with E-state index in [4.69, 9.17) is 0 Å². The van der Waals surface area contributed by atoms with Crippen LogP contribution in [0.25, 0.3) is 0 Å². The van der Waals surface area contributed by atoms with Crippen molar-refractivity contribution < 1.29 is 0 Å². The molecule has 2 aromatic carbocycles. The standard InChI is InChI=1S/C20H27N3.C13H28/c1-5-23(14-13-16(2)3)19-11-12-20(17(4)15-19)22-21-18-9-7-6-8-10-18;1-3-5-7-9-11-13-12-10-8-6-4-2/h6-12,15-16H,5,13-14H2,1-4H3;3-13H2,1-2H3. The number of nitrogens with zero attached hydrogens (tertiary/aromatic N) is 3. The lowest BCUT2D eigenvalue weighted by molar-refractivity contribution is 0.554. The lowest BCUT2D eigenvalue weighted by Gasteiger charge is -2.24. The highest BCUT2D eigenvalue weighted by atomic mass is 15.1. The lowest BCUT2D eigenvalue weighted by Crippen LogP contribution is -2.24. The van der Waals surface area contributed by atoms with E-state index in [0.717, 1.165) is 35.9 Å². The first-order valence-electron chi connectivity index (χ1n) is 14.8. The van der Waals surface area contributed by atoms with Gasteiger partial charge in [0.05, 0.1) is 11.4 Å². The van der Waals surface area contributed by atoms with E-state index in [1.165, 1.54) is 82.7 Å². The van der Waals surface area contributed by atoms with E-state index in [9.17, 15) is 0 Å². The largest absolute Gasteiger partial charge is 0.372 e. The molecule has 0 N–H and O–H groups in total. The van der Waals surface area contributed by atoms with Gasteiger partial charge in [-0.3, -0.25) is 0 Å². The van der Waals surface area contributed by atoms with Crippen molar-refractivity contribution in [2.75, 3.05) is 18.0 Å². The van der Waals surface area contributed by atoms with Gasteiger partial charge in [-0.05, 0) is 62.1 Å². The summed E-state index contributed by atoms with van der Waals surface area (Å²) in [5.74, 6) is 0.726. The van der Waals surface area contributed by atoms with Crippen LogP contribution in [0.15, 0.2) is 58.8 Å². The van der Waals surface area contributed by atoms with Crippen molar-refractivity contribution in [2.24, 2.45) is 16.1 Å². The molecule has 0 saturated heterocycles. The molecule has 0 radical (unpaired) electrons. The number of rotatable bonds is 17. The Balaban J connectivity index is 0.000000426. The van der Waals surface area contributed by atoms with Crippen LogP contribution in [0, 0.1) is 12.8 Å². The van der Waals surface area contributed by atoms with Crippen molar-refractivity contribution in [2.45, 2.75) is 119 Å². The molecular weight excluding hydrogens is 438 g/mol. The third-order valence-corrected chi connectivity index (χ3v) is 6.64. The van der Waals surface area contributed by atoms with Crippen LogP contribution in [0.1, 0.15) is 117 Å². The van der Waals surface area contributed by atoms with Gasteiger partial charge >= 0.3 is 0 Å². The highest BCUT2D eigenvalue weighted by Gasteiger charge is 2.07. The zero-order valence-electron chi connectivity index (χ0n) is 24.4. The zero-order chi connectivity index (χ0) is 26.4. The second-order valence-electron chi connectivity index (χ2n) is 10.5. The summed E-state index contributed by atoms with van der Waals surface area (Å²) in [6, 6.07) is 16.3. The monoisotopic (exact) mass is 493 g/mol. The summed E-state index contributed by atoms with van der Waals surface area (Å²) in [6.45, 7) is 15.5. The van der Waals surface area contributed by atoms with Gasteiger partial charge in [0.25, 0.3) is 0 Å². The average molecular weight is 494 g/mol. The summed E-state index contributed by atoms with van der Waals surface area (Å²) in [5.41, 5.74) is 4.23. The Hall–Kier alpha value is -2.16. The van der Waals surface area contributed by atoms with Crippen molar-refractivity contribution >= 4 is 17.1 Å². The summed E-state index contributed by atoms with van der Waals surface area (Å²) < 4.78 is 0. The number of benzene rings is 2. The first kappa shape index (κ1) is 31.9. The Morgan fingerprint density at radius 1 is 0.694 bits per heavy atom. The average Bonchev–Trinajstić information content (AvgIpc) is 2.88. The highest BCUT2D eigenvalue weighted by molar-refractivity contribution is 5.57. The van der Waals surface area contributed by atoms with Gasteiger partial charge in [0, 0.05) is 18.8 Å². The van der Waals surface area contributed by atoms with Crippen molar-refractivity contribution in [1.82, 2.24) is 0 Å². The number of aryl methyl sites for hydroxylation is 1. The van der Waals surface area contributed by atoms with Gasteiger partial charge in [0.2, 0.25) is 0 Å². The summed E-state index contributed by atoms with van der Waals surface area (Å²) >= 11 is 0. The maximum Gasteiger partial charge on any atom is 0.0887 e. The second kappa shape index (κ2) is 21.0. The van der Waals surface area contributed by atoms with Gasteiger partial charge in [0.1, 0.15) is 0 Å². The molecule has 0 spiro atoms. The maximum absolute atomic E-state index is 4.38. The molecule has 0 aliphatic heterocycles. The van der Waals surface area contributed by atoms with Crippen LogP contribution in [0.5, 0.6) is 0 Å². The van der Waals surface area contributed by atoms with Gasteiger partial charge in [-0.25, -0.2) is 0 Å². The first-order valence-corrected chi connectivity index (χ1v) is 14.8. The molecule has 0 aliphatic carbocycles. The smallest absolute Gasteiger partial charge is 0.0887 e. The Morgan fingerprint density at radius 2 is 1.25 bits per heavy atom. The molecular formula is C33H55N3. The van der Waals surface area contributed by atoms with E-state index in [0.29, 0.717) is 0 Å². The van der Waals surface area contributed by atoms with Crippen LogP contribution < -0.4 is 4.90 Å². The lowest BCUT2D eigenvalue weighted by atomic mass is 10.1. The minimum absolute atomic E-state index is 0.726. The normalized spacial score (nSPS) is 11.1. The molecule has 0 amide bonds. The van der Waals surface area contributed by atoms with E-state index in [1.807, 2.05) is 30.3 Å². The summed E-state index contributed by atoms with van der Waals surface area (Å²) in [6.07, 6.45) is 17.1. The molecule has 0 unspecified atom stereocenters. The van der Waals surface area contributed by atoms with Crippen LogP contribution in [-0.4, -0.2) is 13.1 Å². The van der Waals surface area contributed by atoms with Crippen LogP contribution in [0.2, 0.25) is 0 Å². The highest BCUT2D eigenvalue weighted by Crippen LogP contribution is 2.27. The second-order valence-corrected chi connectivity index (χ2v) is 10.5. The van der Waals surface area contributed by atoms with E-state index in [2.05, 4.69) is 74.9 Å². The molecule has 0 aliphatic rings. The van der Waals surface area contributed by atoms with Gasteiger partial charge in [0.15, 0.2) is 0 Å². The molecule has 36 heavy (non-hydrogen) atoms. The molecule has 0 atom stereocenters. The Kier molecular flexibility index (Phi) is 18.6. The number of azo groups is 1. The van der Waals surface area contributed by atoms with Gasteiger partial charge in [-0.15, -0.1) is 0 Å². The number of hydrogen-bond donors (Lipinski definition) is 0. The quantitative estimate of drug-likeness (QED) is 0.159. The fourth-order valence-corrected chi connectivity index (χ4v) is 4.18. The van der Waals surface area contributed by atoms with Gasteiger partial charge in [-0.1, -0.05) is 117 Å². The van der Waals surface area contributed by atoms with E-state index in [1.54, 1.807) is 0 Å². The predicted octanol–water partition coefficient (Wildman–Crippen LogP) is 11.6. The topological polar surface area (TPSA) is 28.0 Å². The molecule has 0 fully saturated rings. The first-order chi connectivity index (χ1) is 17.5. The van der Waals surface area contributed by atoms with Gasteiger partial charge in [-0.2, -0.15) is 10.2 Å². The molecule has 2 rings (SSSR count). The Labute approximate surface area is 223 Å². The molecule has 2 aromatic rings. The fraction of sp³-hybridized carbons (Fsp3) is 0.636. The molecule has 0 aromatic heterocycles. The third kappa shape index (κ3) is 15.1. The third-order valence-electron chi connectivity index (χ3n) is 6.64. The van der Waals surface area contributed by atoms with E-state index in [-0.39, 0.29) is 0 Å². The summed E-state index contributed by atoms with van der Waals surface area (Å²) in [5, 5.41) is 8.69. The van der Waals surface area contributed by atoms with Crippen molar-refractivity contribution in [3.63, 3.8) is 0 Å². The number of anilines is 1. The zero-order valence-corrected chi connectivity index (χ0v) is 24.4. The van der Waals surface area contributed by atoms with Crippen molar-refractivity contribution in [3.8, 4) is 0 Å². The summed E-state index contributed by atoms with van der Waals surface area (Å²) in [4.78, 5) is 2.42. The maximum atomic E-state index is 4.38. The van der Waals surface area contributed by atoms with E-state index >= 15 is 0 Å². The molecule has 202 valence electrons. The Morgan fingerprint density at radius 3 is 1.72 bits per heavy atom. The minimum Gasteiger partial charge on any atom is -0.372 e. The van der Waals surface area contributed by atoms with Crippen LogP contribution >= 0.6 is 0 Å².